The van der Waals surface area contributed by atoms with Crippen LogP contribution in [0.4, 0.5) is 0 Å². The monoisotopic (exact) mass is 428 g/mol. The van der Waals surface area contributed by atoms with Crippen molar-refractivity contribution in [2.45, 2.75) is 45.4 Å². The highest BCUT2D eigenvalue weighted by Crippen LogP contribution is 2.38. The lowest BCUT2D eigenvalue weighted by Crippen LogP contribution is -1.99. The molecule has 3 aromatic rings. The van der Waals surface area contributed by atoms with Crippen LogP contribution in [-0.4, -0.2) is 18.6 Å². The van der Waals surface area contributed by atoms with Gasteiger partial charge in [0.15, 0.2) is 0 Å². The molecule has 0 fully saturated rings. The summed E-state index contributed by atoms with van der Waals surface area (Å²) < 4.78 is 6.70. The largest absolute Gasteiger partial charge is 0.496 e. The van der Waals surface area contributed by atoms with E-state index in [1.54, 1.807) is 7.11 Å². The molecule has 0 aliphatic rings. The van der Waals surface area contributed by atoms with Crippen molar-refractivity contribution in [2.75, 3.05) is 13.7 Å². The molecule has 0 spiro atoms. The summed E-state index contributed by atoms with van der Waals surface area (Å²) in [6.07, 6.45) is 6.72. The van der Waals surface area contributed by atoms with Gasteiger partial charge in [-0.15, -0.1) is 0 Å². The number of aromatic amines is 1. The molecule has 3 rings (SSSR count). The SMILES string of the molecule is CCCCc1ccc2[nH]c(-c3cc(Br)ccc3OC)c(CCCCN)c2c1. The van der Waals surface area contributed by atoms with Crippen molar-refractivity contribution >= 4 is 26.8 Å². The number of benzene rings is 2. The van der Waals surface area contributed by atoms with Crippen LogP contribution in [0.2, 0.25) is 0 Å². The van der Waals surface area contributed by atoms with Crippen LogP contribution >= 0.6 is 15.9 Å². The molecule has 0 aliphatic heterocycles. The van der Waals surface area contributed by atoms with E-state index in [1.165, 1.54) is 34.9 Å². The highest BCUT2D eigenvalue weighted by atomic mass is 79.9. The highest BCUT2D eigenvalue weighted by Gasteiger charge is 2.17. The number of unbranched alkanes of at least 4 members (excludes halogenated alkanes) is 2. The number of nitrogens with two attached hydrogens (primary N) is 1. The minimum absolute atomic E-state index is 0.736. The molecule has 1 aromatic heterocycles. The van der Waals surface area contributed by atoms with Crippen molar-refractivity contribution in [3.05, 3.63) is 52.0 Å². The molecule has 0 atom stereocenters. The lowest BCUT2D eigenvalue weighted by Gasteiger charge is -2.11. The van der Waals surface area contributed by atoms with Gasteiger partial charge in [0.25, 0.3) is 0 Å². The molecule has 3 nitrogen and oxygen atoms in total. The van der Waals surface area contributed by atoms with E-state index in [9.17, 15) is 0 Å². The zero-order valence-corrected chi connectivity index (χ0v) is 17.9. The summed E-state index contributed by atoms with van der Waals surface area (Å²) >= 11 is 3.61. The first kappa shape index (κ1) is 20.0. The summed E-state index contributed by atoms with van der Waals surface area (Å²) in [5, 5.41) is 1.33. The van der Waals surface area contributed by atoms with Crippen LogP contribution in [0.15, 0.2) is 40.9 Å². The Morgan fingerprint density at radius 3 is 2.63 bits per heavy atom. The molecular formula is C23H29BrN2O. The molecule has 0 amide bonds. The Labute approximate surface area is 170 Å². The van der Waals surface area contributed by atoms with Crippen LogP contribution in [-0.2, 0) is 12.8 Å². The van der Waals surface area contributed by atoms with Crippen molar-refractivity contribution in [3.8, 4) is 17.0 Å². The van der Waals surface area contributed by atoms with E-state index in [-0.39, 0.29) is 0 Å². The molecule has 0 saturated carbocycles. The second-order valence-corrected chi connectivity index (χ2v) is 7.97. The number of aryl methyl sites for hydroxylation is 2. The molecule has 0 aliphatic carbocycles. The van der Waals surface area contributed by atoms with Crippen molar-refractivity contribution < 1.29 is 4.74 Å². The fourth-order valence-electron chi connectivity index (χ4n) is 3.64. The van der Waals surface area contributed by atoms with Gasteiger partial charge >= 0.3 is 0 Å². The lowest BCUT2D eigenvalue weighted by molar-refractivity contribution is 0.416. The van der Waals surface area contributed by atoms with E-state index in [1.807, 2.05) is 12.1 Å². The van der Waals surface area contributed by atoms with E-state index in [2.05, 4.69) is 52.1 Å². The van der Waals surface area contributed by atoms with Crippen molar-refractivity contribution in [2.24, 2.45) is 5.73 Å². The molecule has 27 heavy (non-hydrogen) atoms. The predicted molar refractivity (Wildman–Crippen MR) is 119 cm³/mol. The molecule has 4 heteroatoms. The Balaban J connectivity index is 2.13. The van der Waals surface area contributed by atoms with Crippen LogP contribution in [0.5, 0.6) is 5.75 Å². The number of halogens is 1. The summed E-state index contributed by atoms with van der Waals surface area (Å²) in [4.78, 5) is 3.66. The first-order valence-corrected chi connectivity index (χ1v) is 10.6. The fraction of sp³-hybridized carbons (Fsp3) is 0.391. The zero-order chi connectivity index (χ0) is 19.2. The summed E-state index contributed by atoms with van der Waals surface area (Å²) in [6.45, 7) is 2.98. The average molecular weight is 429 g/mol. The normalized spacial score (nSPS) is 11.3. The van der Waals surface area contributed by atoms with Crippen molar-refractivity contribution in [1.29, 1.82) is 0 Å². The fourth-order valence-corrected chi connectivity index (χ4v) is 4.00. The molecular weight excluding hydrogens is 400 g/mol. The molecule has 1 heterocycles. The van der Waals surface area contributed by atoms with Gasteiger partial charge < -0.3 is 15.5 Å². The Kier molecular flexibility index (Phi) is 6.97. The summed E-state index contributed by atoms with van der Waals surface area (Å²) in [5.41, 5.74) is 12.0. The lowest BCUT2D eigenvalue weighted by atomic mass is 9.98. The zero-order valence-electron chi connectivity index (χ0n) is 16.3. The van der Waals surface area contributed by atoms with Crippen LogP contribution < -0.4 is 10.5 Å². The molecule has 144 valence electrons. The van der Waals surface area contributed by atoms with Gasteiger partial charge in [0, 0.05) is 20.9 Å². The first-order valence-electron chi connectivity index (χ1n) is 9.85. The molecule has 0 unspecified atom stereocenters. The maximum Gasteiger partial charge on any atom is 0.128 e. The first-order chi connectivity index (χ1) is 13.2. The molecule has 0 bridgehead atoms. The number of H-pyrrole nitrogens is 1. The molecule has 2 aromatic carbocycles. The van der Waals surface area contributed by atoms with E-state index in [0.717, 1.165) is 53.7 Å². The van der Waals surface area contributed by atoms with Gasteiger partial charge in [-0.2, -0.15) is 0 Å². The van der Waals surface area contributed by atoms with Crippen molar-refractivity contribution in [3.63, 3.8) is 0 Å². The number of hydrogen-bond acceptors (Lipinski definition) is 2. The highest BCUT2D eigenvalue weighted by molar-refractivity contribution is 9.10. The summed E-state index contributed by atoms with van der Waals surface area (Å²) in [5.74, 6) is 0.885. The number of fused-ring (bicyclic) bond motifs is 1. The average Bonchev–Trinajstić information content (AvgIpc) is 3.04. The number of nitrogens with one attached hydrogen (secondary N) is 1. The summed E-state index contributed by atoms with van der Waals surface area (Å²) in [6, 6.07) is 13.0. The quantitative estimate of drug-likeness (QED) is 0.396. The third-order valence-corrected chi connectivity index (χ3v) is 5.59. The number of aromatic nitrogens is 1. The van der Waals surface area contributed by atoms with E-state index in [0.29, 0.717) is 0 Å². The van der Waals surface area contributed by atoms with Crippen LogP contribution in [0.25, 0.3) is 22.2 Å². The van der Waals surface area contributed by atoms with Gasteiger partial charge in [-0.05, 0) is 80.1 Å². The Morgan fingerprint density at radius 2 is 1.89 bits per heavy atom. The van der Waals surface area contributed by atoms with Gasteiger partial charge in [-0.25, -0.2) is 0 Å². The van der Waals surface area contributed by atoms with E-state index >= 15 is 0 Å². The Morgan fingerprint density at radius 1 is 1.04 bits per heavy atom. The second-order valence-electron chi connectivity index (χ2n) is 7.05. The molecule has 3 N–H and O–H groups in total. The standard InChI is InChI=1S/C23H29BrN2O/c1-3-4-7-16-9-11-21-19(14-16)18(8-5-6-13-25)23(26-21)20-15-17(24)10-12-22(20)27-2/h9-12,14-15,26H,3-8,13,25H2,1-2H3. The second kappa shape index (κ2) is 9.43. The number of rotatable bonds is 9. The third-order valence-electron chi connectivity index (χ3n) is 5.10. The van der Waals surface area contributed by atoms with Crippen molar-refractivity contribution in [1.82, 2.24) is 4.98 Å². The minimum Gasteiger partial charge on any atom is -0.496 e. The van der Waals surface area contributed by atoms with Gasteiger partial charge in [-0.3, -0.25) is 0 Å². The van der Waals surface area contributed by atoms with Crippen LogP contribution in [0, 0.1) is 0 Å². The van der Waals surface area contributed by atoms with Gasteiger partial charge in [0.05, 0.1) is 12.8 Å². The number of ether oxygens (including phenoxy) is 1. The maximum absolute atomic E-state index is 5.74. The predicted octanol–water partition coefficient (Wildman–Crippen LogP) is 6.23. The van der Waals surface area contributed by atoms with Gasteiger partial charge in [0.2, 0.25) is 0 Å². The molecule has 0 radical (unpaired) electrons. The Bertz CT molecular complexity index is 901. The maximum atomic E-state index is 5.74. The molecule has 0 saturated heterocycles. The Hall–Kier alpha value is -1.78. The minimum atomic E-state index is 0.736. The van der Waals surface area contributed by atoms with E-state index in [4.69, 9.17) is 10.5 Å². The smallest absolute Gasteiger partial charge is 0.128 e. The topological polar surface area (TPSA) is 51.0 Å². The third kappa shape index (κ3) is 4.56. The van der Waals surface area contributed by atoms with Gasteiger partial charge in [-0.1, -0.05) is 35.3 Å². The van der Waals surface area contributed by atoms with Crippen LogP contribution in [0.1, 0.15) is 43.7 Å². The van der Waals surface area contributed by atoms with Crippen LogP contribution in [0.3, 0.4) is 0 Å². The van der Waals surface area contributed by atoms with E-state index < -0.39 is 0 Å². The summed E-state index contributed by atoms with van der Waals surface area (Å²) in [7, 11) is 1.73. The van der Waals surface area contributed by atoms with Gasteiger partial charge in [0.1, 0.15) is 5.75 Å². The number of hydrogen-bond donors (Lipinski definition) is 2. The number of methoxy groups -OCH3 is 1.